The first kappa shape index (κ1) is 10.5. The quantitative estimate of drug-likeness (QED) is 0.777. The second kappa shape index (κ2) is 3.99. The highest BCUT2D eigenvalue weighted by Gasteiger charge is 2.33. The van der Waals surface area contributed by atoms with Crippen LogP contribution in [-0.2, 0) is 12.1 Å². The molecule has 0 radical (unpaired) electrons. The van der Waals surface area contributed by atoms with Crippen LogP contribution < -0.4 is 11.1 Å². The van der Waals surface area contributed by atoms with Gasteiger partial charge in [0.15, 0.2) is 0 Å². The number of nitrogens with one attached hydrogen (secondary N) is 1. The number of fused-ring (bicyclic) bond motifs is 1. The molecule has 0 saturated heterocycles. The van der Waals surface area contributed by atoms with Crippen LogP contribution in [0.25, 0.3) is 0 Å². The number of rotatable bonds is 1. The molecule has 0 aromatic heterocycles. The first-order valence-electron chi connectivity index (χ1n) is 5.98. The molecule has 3 rings (SSSR count). The van der Waals surface area contributed by atoms with E-state index in [-0.39, 0.29) is 0 Å². The molecule has 1 aliphatic heterocycles. The molecule has 17 heavy (non-hydrogen) atoms. The molecule has 1 heterocycles. The van der Waals surface area contributed by atoms with E-state index >= 15 is 0 Å². The van der Waals surface area contributed by atoms with Gasteiger partial charge in [0, 0.05) is 6.54 Å². The molecule has 2 aromatic rings. The van der Waals surface area contributed by atoms with Crippen molar-refractivity contribution in [1.29, 1.82) is 0 Å². The van der Waals surface area contributed by atoms with E-state index in [1.165, 1.54) is 11.1 Å². The Morgan fingerprint density at radius 1 is 0.941 bits per heavy atom. The largest absolute Gasteiger partial charge is 0.306 e. The summed E-state index contributed by atoms with van der Waals surface area (Å²) in [5.74, 6) is 0. The molecule has 0 saturated carbocycles. The number of hydrogen-bond acceptors (Lipinski definition) is 2. The highest BCUT2D eigenvalue weighted by atomic mass is 15.1. The summed E-state index contributed by atoms with van der Waals surface area (Å²) in [6.07, 6.45) is 1.04. The minimum atomic E-state index is -0.546. The second-order valence-electron chi connectivity index (χ2n) is 4.51. The monoisotopic (exact) mass is 224 g/mol. The summed E-state index contributed by atoms with van der Waals surface area (Å²) in [4.78, 5) is 0. The Bertz CT molecular complexity index is 521. The van der Waals surface area contributed by atoms with E-state index in [0.717, 1.165) is 18.5 Å². The summed E-state index contributed by atoms with van der Waals surface area (Å²) in [6, 6.07) is 18.7. The van der Waals surface area contributed by atoms with Crippen LogP contribution >= 0.6 is 0 Å². The van der Waals surface area contributed by atoms with Gasteiger partial charge in [0.25, 0.3) is 0 Å². The topological polar surface area (TPSA) is 38.0 Å². The van der Waals surface area contributed by atoms with Crippen LogP contribution in [0.15, 0.2) is 54.6 Å². The Hall–Kier alpha value is -1.64. The van der Waals surface area contributed by atoms with Crippen LogP contribution in [0, 0.1) is 0 Å². The number of benzene rings is 2. The van der Waals surface area contributed by atoms with Gasteiger partial charge in [-0.1, -0.05) is 54.6 Å². The van der Waals surface area contributed by atoms with Crippen molar-refractivity contribution in [3.63, 3.8) is 0 Å². The van der Waals surface area contributed by atoms with Crippen LogP contribution in [-0.4, -0.2) is 6.54 Å². The van der Waals surface area contributed by atoms with Gasteiger partial charge in [0.1, 0.15) is 5.66 Å². The SMILES string of the molecule is NC1(c2ccccc2)NCCc2ccccc21. The zero-order valence-electron chi connectivity index (χ0n) is 9.69. The van der Waals surface area contributed by atoms with Crippen LogP contribution in [0.4, 0.5) is 0 Å². The van der Waals surface area contributed by atoms with Crippen molar-refractivity contribution in [3.8, 4) is 0 Å². The highest BCUT2D eigenvalue weighted by molar-refractivity contribution is 5.43. The van der Waals surface area contributed by atoms with Gasteiger partial charge < -0.3 is 5.73 Å². The second-order valence-corrected chi connectivity index (χ2v) is 4.51. The zero-order valence-corrected chi connectivity index (χ0v) is 9.69. The molecule has 0 bridgehead atoms. The van der Waals surface area contributed by atoms with E-state index in [1.807, 2.05) is 18.2 Å². The zero-order chi connectivity index (χ0) is 11.7. The molecular formula is C15H16N2. The van der Waals surface area contributed by atoms with Gasteiger partial charge in [-0.15, -0.1) is 0 Å². The Kier molecular flexibility index (Phi) is 2.46. The molecule has 1 aliphatic rings. The van der Waals surface area contributed by atoms with Gasteiger partial charge >= 0.3 is 0 Å². The first-order valence-corrected chi connectivity index (χ1v) is 5.98. The van der Waals surface area contributed by atoms with Crippen molar-refractivity contribution >= 4 is 0 Å². The predicted molar refractivity (Wildman–Crippen MR) is 69.6 cm³/mol. The lowest BCUT2D eigenvalue weighted by atomic mass is 9.85. The molecule has 1 atom stereocenters. The Labute approximate surface area is 101 Å². The van der Waals surface area contributed by atoms with Gasteiger partial charge in [-0.05, 0) is 23.1 Å². The minimum Gasteiger partial charge on any atom is -0.306 e. The summed E-state index contributed by atoms with van der Waals surface area (Å²) >= 11 is 0. The molecule has 0 spiro atoms. The molecule has 2 aromatic carbocycles. The fraction of sp³-hybridized carbons (Fsp3) is 0.200. The average molecular weight is 224 g/mol. The van der Waals surface area contributed by atoms with Gasteiger partial charge in [-0.3, -0.25) is 5.32 Å². The van der Waals surface area contributed by atoms with Gasteiger partial charge in [-0.2, -0.15) is 0 Å². The van der Waals surface area contributed by atoms with Crippen molar-refractivity contribution in [2.75, 3.05) is 6.54 Å². The standard InChI is InChI=1S/C15H16N2/c16-15(13-7-2-1-3-8-13)14-9-5-4-6-12(14)10-11-17-15/h1-9,17H,10-11,16H2. The third kappa shape index (κ3) is 1.66. The van der Waals surface area contributed by atoms with Crippen molar-refractivity contribution in [2.24, 2.45) is 5.73 Å². The maximum absolute atomic E-state index is 6.58. The van der Waals surface area contributed by atoms with Crippen LogP contribution in [0.2, 0.25) is 0 Å². The normalized spacial score (nSPS) is 23.1. The molecule has 2 heteroatoms. The molecule has 0 amide bonds. The lowest BCUT2D eigenvalue weighted by molar-refractivity contribution is 0.393. The van der Waals surface area contributed by atoms with E-state index in [1.54, 1.807) is 0 Å². The summed E-state index contributed by atoms with van der Waals surface area (Å²) in [7, 11) is 0. The molecule has 1 unspecified atom stereocenters. The van der Waals surface area contributed by atoms with Crippen molar-refractivity contribution in [3.05, 3.63) is 71.3 Å². The lowest BCUT2D eigenvalue weighted by Crippen LogP contribution is -2.55. The Morgan fingerprint density at radius 2 is 1.65 bits per heavy atom. The summed E-state index contributed by atoms with van der Waals surface area (Å²) in [5, 5.41) is 3.45. The average Bonchev–Trinajstić information content (AvgIpc) is 2.40. The van der Waals surface area contributed by atoms with Crippen LogP contribution in [0.1, 0.15) is 16.7 Å². The van der Waals surface area contributed by atoms with Crippen LogP contribution in [0.5, 0.6) is 0 Å². The molecule has 86 valence electrons. The molecule has 0 fully saturated rings. The maximum atomic E-state index is 6.58. The number of nitrogens with two attached hydrogens (primary N) is 1. The molecular weight excluding hydrogens is 208 g/mol. The first-order chi connectivity index (χ1) is 8.31. The third-order valence-electron chi connectivity index (χ3n) is 3.47. The third-order valence-corrected chi connectivity index (χ3v) is 3.47. The predicted octanol–water partition coefficient (Wildman–Crippen LogP) is 1.99. The van der Waals surface area contributed by atoms with E-state index < -0.39 is 5.66 Å². The van der Waals surface area contributed by atoms with Gasteiger partial charge in [0.2, 0.25) is 0 Å². The Morgan fingerprint density at radius 3 is 2.47 bits per heavy atom. The molecule has 0 aliphatic carbocycles. The van der Waals surface area contributed by atoms with Crippen molar-refractivity contribution in [1.82, 2.24) is 5.32 Å². The van der Waals surface area contributed by atoms with E-state index in [2.05, 4.69) is 41.7 Å². The summed E-state index contributed by atoms with van der Waals surface area (Å²) in [5.41, 5.74) is 9.69. The Balaban J connectivity index is 2.16. The van der Waals surface area contributed by atoms with Gasteiger partial charge in [0.05, 0.1) is 0 Å². The van der Waals surface area contributed by atoms with E-state index in [0.29, 0.717) is 0 Å². The lowest BCUT2D eigenvalue weighted by Gasteiger charge is -2.37. The molecule has 2 nitrogen and oxygen atoms in total. The van der Waals surface area contributed by atoms with E-state index in [4.69, 9.17) is 5.73 Å². The van der Waals surface area contributed by atoms with Crippen molar-refractivity contribution < 1.29 is 0 Å². The van der Waals surface area contributed by atoms with Crippen LogP contribution in [0.3, 0.4) is 0 Å². The van der Waals surface area contributed by atoms with Gasteiger partial charge in [-0.25, -0.2) is 0 Å². The highest BCUT2D eigenvalue weighted by Crippen LogP contribution is 2.30. The fourth-order valence-corrected chi connectivity index (χ4v) is 2.57. The summed E-state index contributed by atoms with van der Waals surface area (Å²) < 4.78 is 0. The fourth-order valence-electron chi connectivity index (χ4n) is 2.57. The van der Waals surface area contributed by atoms with E-state index in [9.17, 15) is 0 Å². The molecule has 3 N–H and O–H groups in total. The summed E-state index contributed by atoms with van der Waals surface area (Å²) in [6.45, 7) is 0.919. The minimum absolute atomic E-state index is 0.546. The smallest absolute Gasteiger partial charge is 0.119 e. The maximum Gasteiger partial charge on any atom is 0.119 e. The number of hydrogen-bond donors (Lipinski definition) is 2. The van der Waals surface area contributed by atoms with Crippen molar-refractivity contribution in [2.45, 2.75) is 12.1 Å².